The molecule has 0 aromatic rings. The first-order valence-electron chi connectivity index (χ1n) is 5.90. The summed E-state index contributed by atoms with van der Waals surface area (Å²) in [6.45, 7) is 9.21. The topological polar surface area (TPSA) is 92.4 Å². The number of nitrogens with one attached hydrogen (secondary N) is 1. The molecule has 0 aromatic carbocycles. The first-order valence-corrected chi connectivity index (χ1v) is 5.90. The molecule has 0 aliphatic carbocycles. The van der Waals surface area contributed by atoms with E-state index >= 15 is 0 Å². The summed E-state index contributed by atoms with van der Waals surface area (Å²) in [6, 6.07) is -1.59. The minimum atomic E-state index is -1.02. The Balaban J connectivity index is 4.68. The van der Waals surface area contributed by atoms with Crippen molar-refractivity contribution in [3.63, 3.8) is 0 Å². The molecular weight excluding hydrogens is 220 g/mol. The van der Waals surface area contributed by atoms with E-state index in [0.717, 1.165) is 0 Å². The second-order valence-corrected chi connectivity index (χ2v) is 5.55. The summed E-state index contributed by atoms with van der Waals surface area (Å²) in [4.78, 5) is 22.9. The van der Waals surface area contributed by atoms with Gasteiger partial charge in [0.1, 0.15) is 6.04 Å². The zero-order chi connectivity index (χ0) is 13.8. The number of carboxylic acid groups (broad SMARTS) is 1. The van der Waals surface area contributed by atoms with Gasteiger partial charge in [-0.2, -0.15) is 0 Å². The molecule has 0 rings (SSSR count). The van der Waals surface area contributed by atoms with Crippen LogP contribution in [0, 0.1) is 11.3 Å². The Morgan fingerprint density at radius 3 is 2.12 bits per heavy atom. The number of carbonyl (C=O) groups is 2. The highest BCUT2D eigenvalue weighted by molar-refractivity contribution is 5.87. The predicted octanol–water partition coefficient (Wildman–Crippen LogP) is 0.975. The van der Waals surface area contributed by atoms with Crippen LogP contribution in [0.25, 0.3) is 0 Å². The third-order valence-corrected chi connectivity index (χ3v) is 2.99. The van der Waals surface area contributed by atoms with Crippen LogP contribution in [-0.2, 0) is 9.59 Å². The summed E-state index contributed by atoms with van der Waals surface area (Å²) in [5, 5.41) is 11.6. The van der Waals surface area contributed by atoms with Crippen molar-refractivity contribution in [2.24, 2.45) is 17.1 Å². The van der Waals surface area contributed by atoms with Crippen LogP contribution in [0.4, 0.5) is 0 Å². The second-order valence-electron chi connectivity index (χ2n) is 5.55. The number of hydrogen-bond donors (Lipinski definition) is 3. The van der Waals surface area contributed by atoms with Crippen molar-refractivity contribution in [1.29, 1.82) is 0 Å². The number of nitrogens with two attached hydrogens (primary N) is 1. The molecule has 4 N–H and O–H groups in total. The van der Waals surface area contributed by atoms with Crippen LogP contribution in [0.5, 0.6) is 0 Å². The molecule has 0 heterocycles. The van der Waals surface area contributed by atoms with Crippen LogP contribution in [0.2, 0.25) is 0 Å². The van der Waals surface area contributed by atoms with Crippen molar-refractivity contribution in [2.75, 3.05) is 0 Å². The molecule has 0 saturated heterocycles. The van der Waals surface area contributed by atoms with Gasteiger partial charge in [-0.1, -0.05) is 41.0 Å². The van der Waals surface area contributed by atoms with E-state index in [1.165, 1.54) is 0 Å². The van der Waals surface area contributed by atoms with E-state index in [-0.39, 0.29) is 11.3 Å². The van der Waals surface area contributed by atoms with Crippen molar-refractivity contribution in [1.82, 2.24) is 5.32 Å². The van der Waals surface area contributed by atoms with Gasteiger partial charge in [-0.25, -0.2) is 4.79 Å². The molecule has 0 radical (unpaired) electrons. The van der Waals surface area contributed by atoms with Gasteiger partial charge in [-0.15, -0.1) is 0 Å². The normalized spacial score (nSPS) is 17.1. The second kappa shape index (κ2) is 6.00. The zero-order valence-electron chi connectivity index (χ0n) is 11.3. The number of rotatable bonds is 5. The lowest BCUT2D eigenvalue weighted by Crippen LogP contribution is -2.54. The molecule has 0 fully saturated rings. The molecule has 100 valence electrons. The van der Waals surface area contributed by atoms with Crippen molar-refractivity contribution in [3.05, 3.63) is 0 Å². The van der Waals surface area contributed by atoms with Gasteiger partial charge < -0.3 is 16.2 Å². The number of amides is 1. The Morgan fingerprint density at radius 2 is 1.82 bits per heavy atom. The number of hydrogen-bond acceptors (Lipinski definition) is 3. The van der Waals surface area contributed by atoms with Crippen molar-refractivity contribution in [2.45, 2.75) is 53.1 Å². The molecule has 0 aliphatic heterocycles. The zero-order valence-corrected chi connectivity index (χ0v) is 11.3. The summed E-state index contributed by atoms with van der Waals surface area (Å²) in [6.07, 6.45) is 0.683. The fourth-order valence-electron chi connectivity index (χ4n) is 1.32. The van der Waals surface area contributed by atoms with Gasteiger partial charge >= 0.3 is 5.97 Å². The van der Waals surface area contributed by atoms with E-state index in [1.807, 2.05) is 27.7 Å². The highest BCUT2D eigenvalue weighted by atomic mass is 16.4. The summed E-state index contributed by atoms with van der Waals surface area (Å²) in [7, 11) is 0. The maximum absolute atomic E-state index is 11.8. The van der Waals surface area contributed by atoms with E-state index in [0.29, 0.717) is 6.42 Å². The first-order chi connectivity index (χ1) is 7.61. The molecule has 3 atom stereocenters. The molecule has 0 bridgehead atoms. The highest BCUT2D eigenvalue weighted by Gasteiger charge is 2.32. The average molecular weight is 244 g/mol. The minimum absolute atomic E-state index is 0.122. The van der Waals surface area contributed by atoms with Gasteiger partial charge in [0.05, 0.1) is 6.04 Å². The average Bonchev–Trinajstić information content (AvgIpc) is 2.21. The smallest absolute Gasteiger partial charge is 0.326 e. The standard InChI is InChI=1S/C12H24N2O3/c1-6-7(2)8(11(16)17)14-10(15)9(13)12(3,4)5/h7-9H,6,13H2,1-5H3,(H,14,15)(H,16,17)/t7-,8-,9+/m0/s1. The van der Waals surface area contributed by atoms with Gasteiger partial charge in [-0.3, -0.25) is 4.79 Å². The van der Waals surface area contributed by atoms with Crippen molar-refractivity contribution < 1.29 is 14.7 Å². The number of carbonyl (C=O) groups excluding carboxylic acids is 1. The Kier molecular flexibility index (Phi) is 5.61. The van der Waals surface area contributed by atoms with Crippen LogP contribution < -0.4 is 11.1 Å². The SMILES string of the molecule is CC[C@H](C)[C@H](NC(=O)[C@@H](N)C(C)(C)C)C(=O)O. The first kappa shape index (κ1) is 15.9. The van der Waals surface area contributed by atoms with Crippen molar-refractivity contribution in [3.8, 4) is 0 Å². The van der Waals surface area contributed by atoms with Crippen LogP contribution >= 0.6 is 0 Å². The summed E-state index contributed by atoms with van der Waals surface area (Å²) in [5.74, 6) is -1.55. The fourth-order valence-corrected chi connectivity index (χ4v) is 1.32. The molecule has 1 amide bonds. The lowest BCUT2D eigenvalue weighted by Gasteiger charge is -2.28. The van der Waals surface area contributed by atoms with Crippen LogP contribution in [0.1, 0.15) is 41.0 Å². The van der Waals surface area contributed by atoms with E-state index in [9.17, 15) is 9.59 Å². The number of aliphatic carboxylic acids is 1. The van der Waals surface area contributed by atoms with E-state index in [2.05, 4.69) is 5.32 Å². The maximum Gasteiger partial charge on any atom is 0.326 e. The minimum Gasteiger partial charge on any atom is -0.480 e. The fraction of sp³-hybridized carbons (Fsp3) is 0.833. The summed E-state index contributed by atoms with van der Waals surface area (Å²) in [5.41, 5.74) is 5.39. The van der Waals surface area contributed by atoms with Gasteiger partial charge in [0.25, 0.3) is 0 Å². The molecule has 0 spiro atoms. The number of carboxylic acids is 1. The maximum atomic E-state index is 11.8. The van der Waals surface area contributed by atoms with Crippen molar-refractivity contribution >= 4 is 11.9 Å². The molecule has 5 heteroatoms. The molecule has 0 aliphatic rings. The Hall–Kier alpha value is -1.10. The van der Waals surface area contributed by atoms with Gasteiger partial charge in [0.15, 0.2) is 0 Å². The van der Waals surface area contributed by atoms with E-state index in [4.69, 9.17) is 10.8 Å². The monoisotopic (exact) mass is 244 g/mol. The lowest BCUT2D eigenvalue weighted by molar-refractivity contribution is -0.143. The van der Waals surface area contributed by atoms with Gasteiger partial charge in [0, 0.05) is 0 Å². The molecule has 5 nitrogen and oxygen atoms in total. The molecule has 17 heavy (non-hydrogen) atoms. The predicted molar refractivity (Wildman–Crippen MR) is 66.5 cm³/mol. The molecule has 0 unspecified atom stereocenters. The Labute approximate surface area is 103 Å². The van der Waals surface area contributed by atoms with Gasteiger partial charge in [0.2, 0.25) is 5.91 Å². The lowest BCUT2D eigenvalue weighted by atomic mass is 9.86. The van der Waals surface area contributed by atoms with E-state index < -0.39 is 24.0 Å². The largest absolute Gasteiger partial charge is 0.480 e. The quantitative estimate of drug-likeness (QED) is 0.672. The van der Waals surface area contributed by atoms with Crippen LogP contribution in [0.15, 0.2) is 0 Å². The summed E-state index contributed by atoms with van der Waals surface area (Å²) < 4.78 is 0. The molecular formula is C12H24N2O3. The van der Waals surface area contributed by atoms with Gasteiger partial charge in [-0.05, 0) is 11.3 Å². The van der Waals surface area contributed by atoms with Crippen LogP contribution in [0.3, 0.4) is 0 Å². The Bertz CT molecular complexity index is 284. The molecule has 0 aromatic heterocycles. The third-order valence-electron chi connectivity index (χ3n) is 2.99. The Morgan fingerprint density at radius 1 is 1.35 bits per heavy atom. The van der Waals surface area contributed by atoms with E-state index in [1.54, 1.807) is 6.92 Å². The third kappa shape index (κ3) is 4.73. The highest BCUT2D eigenvalue weighted by Crippen LogP contribution is 2.18. The molecule has 0 saturated carbocycles. The van der Waals surface area contributed by atoms with Crippen LogP contribution in [-0.4, -0.2) is 29.1 Å². The summed E-state index contributed by atoms with van der Waals surface area (Å²) >= 11 is 0.